The summed E-state index contributed by atoms with van der Waals surface area (Å²) in [5.41, 5.74) is 0.918. The van der Waals surface area contributed by atoms with Gasteiger partial charge in [0.1, 0.15) is 28.9 Å². The molecule has 0 bridgehead atoms. The number of rotatable bonds is 11. The number of hydrogen-bond donors (Lipinski definition) is 1. The van der Waals surface area contributed by atoms with Crippen LogP contribution in [-0.4, -0.2) is 63.9 Å². The first-order valence-corrected chi connectivity index (χ1v) is 11.6. The number of ether oxygens (including phenoxy) is 5. The van der Waals surface area contributed by atoms with Gasteiger partial charge >= 0.3 is 0 Å². The monoisotopic (exact) mass is 473 g/mol. The molecule has 0 saturated heterocycles. The standard InChI is InChI=1S/C26H35NO7/c1-7-27(8-2)11-9-10-18-24(29)23-19(28)14-17(30-3)15-20(23)34-25(18)16-12-21(31-4)26(33-6)22(13-16)32-5/h12-15,18,25,28H,7-11H2,1-6H3. The molecular formula is C26H35NO7. The van der Waals surface area contributed by atoms with Crippen LogP contribution in [0.15, 0.2) is 24.3 Å². The number of nitrogens with zero attached hydrogens (tertiary/aromatic N) is 1. The van der Waals surface area contributed by atoms with Crippen molar-refractivity contribution in [3.05, 3.63) is 35.4 Å². The topological polar surface area (TPSA) is 86.7 Å². The predicted octanol–water partition coefficient (Wildman–Crippen LogP) is 4.48. The minimum atomic E-state index is -0.600. The normalized spacial score (nSPS) is 17.2. The summed E-state index contributed by atoms with van der Waals surface area (Å²) >= 11 is 0. The summed E-state index contributed by atoms with van der Waals surface area (Å²) in [5, 5.41) is 10.6. The molecule has 1 aliphatic heterocycles. The van der Waals surface area contributed by atoms with Crippen molar-refractivity contribution in [3.63, 3.8) is 0 Å². The van der Waals surface area contributed by atoms with E-state index in [1.165, 1.54) is 13.2 Å². The summed E-state index contributed by atoms with van der Waals surface area (Å²) in [7, 11) is 6.14. The number of aromatic hydroxyl groups is 1. The van der Waals surface area contributed by atoms with Crippen LogP contribution >= 0.6 is 0 Å². The van der Waals surface area contributed by atoms with E-state index < -0.39 is 12.0 Å². The van der Waals surface area contributed by atoms with Gasteiger partial charge in [-0.15, -0.1) is 0 Å². The minimum absolute atomic E-state index is 0.142. The Morgan fingerprint density at radius 1 is 0.941 bits per heavy atom. The lowest BCUT2D eigenvalue weighted by Crippen LogP contribution is -2.33. The molecule has 1 heterocycles. The first-order chi connectivity index (χ1) is 16.4. The Morgan fingerprint density at radius 2 is 1.59 bits per heavy atom. The van der Waals surface area contributed by atoms with Crippen molar-refractivity contribution in [2.75, 3.05) is 48.1 Å². The molecule has 0 radical (unpaired) electrons. The fourth-order valence-corrected chi connectivity index (χ4v) is 4.50. The SMILES string of the molecule is CCN(CC)CCCC1C(=O)c2c(O)cc(OC)cc2OC1c1cc(OC)c(OC)c(OC)c1. The maximum absolute atomic E-state index is 13.7. The quantitative estimate of drug-likeness (QED) is 0.511. The number of carbonyl (C=O) groups excluding carboxylic acids is 1. The molecule has 8 heteroatoms. The molecule has 0 spiro atoms. The van der Waals surface area contributed by atoms with Crippen molar-refractivity contribution < 1.29 is 33.6 Å². The predicted molar refractivity (Wildman–Crippen MR) is 129 cm³/mol. The lowest BCUT2D eigenvalue weighted by molar-refractivity contribution is 0.0618. The molecule has 0 aliphatic carbocycles. The second kappa shape index (κ2) is 11.3. The fraction of sp³-hybridized carbons (Fsp3) is 0.500. The molecule has 0 aromatic heterocycles. The largest absolute Gasteiger partial charge is 0.507 e. The Morgan fingerprint density at radius 3 is 2.12 bits per heavy atom. The summed E-state index contributed by atoms with van der Waals surface area (Å²) in [5.74, 6) is 1.34. The zero-order chi connectivity index (χ0) is 24.8. The zero-order valence-corrected chi connectivity index (χ0v) is 20.8. The first-order valence-electron chi connectivity index (χ1n) is 11.6. The number of Topliss-reactive ketones (excluding diaryl/α,β-unsaturated/α-hetero) is 1. The third-order valence-electron chi connectivity index (χ3n) is 6.39. The molecular weight excluding hydrogens is 438 g/mol. The van der Waals surface area contributed by atoms with Gasteiger partial charge in [-0.25, -0.2) is 0 Å². The average molecular weight is 474 g/mol. The van der Waals surface area contributed by atoms with E-state index in [-0.39, 0.29) is 17.1 Å². The van der Waals surface area contributed by atoms with E-state index in [0.29, 0.717) is 35.2 Å². The van der Waals surface area contributed by atoms with Gasteiger partial charge in [-0.3, -0.25) is 4.79 Å². The van der Waals surface area contributed by atoms with Crippen molar-refractivity contribution in [2.45, 2.75) is 32.8 Å². The second-order valence-electron chi connectivity index (χ2n) is 8.16. The molecule has 3 rings (SSSR count). The van der Waals surface area contributed by atoms with E-state index in [4.69, 9.17) is 23.7 Å². The number of hydrogen-bond acceptors (Lipinski definition) is 8. The number of methoxy groups -OCH3 is 4. The van der Waals surface area contributed by atoms with Crippen LogP contribution in [-0.2, 0) is 0 Å². The van der Waals surface area contributed by atoms with Crippen LogP contribution < -0.4 is 23.7 Å². The van der Waals surface area contributed by atoms with E-state index >= 15 is 0 Å². The summed E-state index contributed by atoms with van der Waals surface area (Å²) < 4.78 is 28.2. The Kier molecular flexibility index (Phi) is 8.50. The molecule has 1 N–H and O–H groups in total. The molecule has 0 fully saturated rings. The second-order valence-corrected chi connectivity index (χ2v) is 8.16. The molecule has 2 aromatic rings. The number of ketones is 1. The number of phenols is 1. The van der Waals surface area contributed by atoms with Crippen LogP contribution in [0.3, 0.4) is 0 Å². The van der Waals surface area contributed by atoms with Crippen LogP contribution in [0.5, 0.6) is 34.5 Å². The summed E-state index contributed by atoms with van der Waals surface area (Å²) in [6.45, 7) is 7.02. The minimum Gasteiger partial charge on any atom is -0.507 e. The van der Waals surface area contributed by atoms with Gasteiger partial charge in [0.25, 0.3) is 0 Å². The molecule has 8 nitrogen and oxygen atoms in total. The van der Waals surface area contributed by atoms with Gasteiger partial charge in [0.05, 0.1) is 34.4 Å². The lowest BCUT2D eigenvalue weighted by atomic mass is 9.82. The van der Waals surface area contributed by atoms with E-state index in [1.54, 1.807) is 27.4 Å². The van der Waals surface area contributed by atoms with Crippen molar-refractivity contribution >= 4 is 5.78 Å². The van der Waals surface area contributed by atoms with E-state index in [0.717, 1.165) is 31.6 Å². The molecule has 0 saturated carbocycles. The van der Waals surface area contributed by atoms with Crippen LogP contribution in [0, 0.1) is 5.92 Å². The van der Waals surface area contributed by atoms with Gasteiger partial charge < -0.3 is 33.7 Å². The molecule has 186 valence electrons. The Balaban J connectivity index is 2.06. The highest BCUT2D eigenvalue weighted by molar-refractivity contribution is 6.04. The van der Waals surface area contributed by atoms with Crippen molar-refractivity contribution in [1.29, 1.82) is 0 Å². The van der Waals surface area contributed by atoms with Gasteiger partial charge in [0, 0.05) is 17.7 Å². The smallest absolute Gasteiger partial charge is 0.203 e. The summed E-state index contributed by atoms with van der Waals surface area (Å²) in [6, 6.07) is 6.68. The van der Waals surface area contributed by atoms with Gasteiger partial charge in [0.15, 0.2) is 17.3 Å². The average Bonchev–Trinajstić information content (AvgIpc) is 2.86. The first kappa shape index (κ1) is 25.5. The lowest BCUT2D eigenvalue weighted by Gasteiger charge is -2.34. The molecule has 1 aliphatic rings. The van der Waals surface area contributed by atoms with Crippen LogP contribution in [0.1, 0.15) is 48.7 Å². The Labute approximate surface area is 201 Å². The highest BCUT2D eigenvalue weighted by Crippen LogP contribution is 2.48. The van der Waals surface area contributed by atoms with E-state index in [1.807, 2.05) is 12.1 Å². The highest BCUT2D eigenvalue weighted by Gasteiger charge is 2.40. The maximum atomic E-state index is 13.7. The van der Waals surface area contributed by atoms with Gasteiger partial charge in [-0.2, -0.15) is 0 Å². The Bertz CT molecular complexity index is 978. The number of fused-ring (bicyclic) bond motifs is 1. The molecule has 0 amide bonds. The fourth-order valence-electron chi connectivity index (χ4n) is 4.50. The number of benzene rings is 2. The van der Waals surface area contributed by atoms with Crippen LogP contribution in [0.25, 0.3) is 0 Å². The van der Waals surface area contributed by atoms with Crippen molar-refractivity contribution in [2.24, 2.45) is 5.92 Å². The molecule has 2 unspecified atom stereocenters. The third kappa shape index (κ3) is 5.01. The number of carbonyl (C=O) groups is 1. The van der Waals surface area contributed by atoms with Crippen molar-refractivity contribution in [3.8, 4) is 34.5 Å². The van der Waals surface area contributed by atoms with Crippen molar-refractivity contribution in [1.82, 2.24) is 4.90 Å². The van der Waals surface area contributed by atoms with Gasteiger partial charge in [-0.1, -0.05) is 13.8 Å². The van der Waals surface area contributed by atoms with Gasteiger partial charge in [0.2, 0.25) is 5.75 Å². The molecule has 2 atom stereocenters. The number of phenolic OH excluding ortho intramolecular Hbond substituents is 1. The maximum Gasteiger partial charge on any atom is 0.203 e. The van der Waals surface area contributed by atoms with Crippen LogP contribution in [0.2, 0.25) is 0 Å². The van der Waals surface area contributed by atoms with Crippen LogP contribution in [0.4, 0.5) is 0 Å². The third-order valence-corrected chi connectivity index (χ3v) is 6.39. The highest BCUT2D eigenvalue weighted by atomic mass is 16.5. The summed E-state index contributed by atoms with van der Waals surface area (Å²) in [4.78, 5) is 16.0. The Hall–Kier alpha value is -3.13. The molecule has 2 aromatic carbocycles. The van der Waals surface area contributed by atoms with E-state index in [2.05, 4.69) is 18.7 Å². The van der Waals surface area contributed by atoms with Gasteiger partial charge in [-0.05, 0) is 44.6 Å². The van der Waals surface area contributed by atoms with E-state index in [9.17, 15) is 9.90 Å². The summed E-state index contributed by atoms with van der Waals surface area (Å²) in [6.07, 6.45) is 0.813. The zero-order valence-electron chi connectivity index (χ0n) is 20.8. The molecule has 34 heavy (non-hydrogen) atoms.